The monoisotopic (exact) mass is 169 g/mol. The Labute approximate surface area is 72.5 Å². The van der Waals surface area contributed by atoms with Crippen LogP contribution in [0, 0.1) is 5.92 Å². The second-order valence-corrected chi connectivity index (χ2v) is 3.88. The van der Waals surface area contributed by atoms with Crippen LogP contribution in [0.1, 0.15) is 19.8 Å². The quantitative estimate of drug-likeness (QED) is 0.615. The second-order valence-electron chi connectivity index (χ2n) is 3.88. The third-order valence-corrected chi connectivity index (χ3v) is 2.82. The molecule has 2 atom stereocenters. The fourth-order valence-electron chi connectivity index (χ4n) is 2.17. The number of hydrogen-bond acceptors (Lipinski definition) is 3. The normalized spacial score (nSPS) is 40.9. The smallest absolute Gasteiger partial charge is 0.133 e. The maximum atomic E-state index is 11.2. The number of Topliss-reactive ketones (excluding diaryl/α,β-unsaturated/α-hetero) is 1. The number of ketones is 1. The highest BCUT2D eigenvalue weighted by Crippen LogP contribution is 2.24. The minimum absolute atomic E-state index is 0.283. The number of piperidine rings is 1. The molecule has 2 unspecified atom stereocenters. The van der Waals surface area contributed by atoms with E-state index < -0.39 is 0 Å². The summed E-state index contributed by atoms with van der Waals surface area (Å²) in [6.07, 6.45) is 1.93. The first kappa shape index (κ1) is 8.20. The summed E-state index contributed by atoms with van der Waals surface area (Å²) in [4.78, 5) is 11.2. The number of rotatable bonds is 1. The Balaban J connectivity index is 2.00. The lowest BCUT2D eigenvalue weighted by molar-refractivity contribution is -0.123. The standard InChI is InChI=1S/C9H15NO2/c1-6(11)7-2-8-4-12-5-9(3-7)10-8/h7-10H,2-5H2,1H3. The van der Waals surface area contributed by atoms with E-state index in [4.69, 9.17) is 4.74 Å². The molecule has 2 fully saturated rings. The van der Waals surface area contributed by atoms with Gasteiger partial charge in [-0.05, 0) is 19.8 Å². The molecule has 0 spiro atoms. The van der Waals surface area contributed by atoms with Gasteiger partial charge in [-0.3, -0.25) is 4.79 Å². The van der Waals surface area contributed by atoms with Crippen LogP contribution < -0.4 is 5.32 Å². The molecule has 2 bridgehead atoms. The van der Waals surface area contributed by atoms with E-state index in [1.165, 1.54) is 0 Å². The minimum atomic E-state index is 0.283. The molecular formula is C9H15NO2. The number of morpholine rings is 1. The lowest BCUT2D eigenvalue weighted by Gasteiger charge is -2.39. The van der Waals surface area contributed by atoms with Crippen LogP contribution in [-0.2, 0) is 9.53 Å². The highest BCUT2D eigenvalue weighted by atomic mass is 16.5. The van der Waals surface area contributed by atoms with E-state index in [0.29, 0.717) is 17.9 Å². The molecule has 68 valence electrons. The van der Waals surface area contributed by atoms with Crippen molar-refractivity contribution < 1.29 is 9.53 Å². The Hall–Kier alpha value is -0.410. The number of carbonyl (C=O) groups excluding carboxylic acids is 1. The summed E-state index contributed by atoms with van der Waals surface area (Å²) in [6, 6.07) is 0.845. The molecule has 2 aliphatic rings. The predicted molar refractivity (Wildman–Crippen MR) is 44.9 cm³/mol. The van der Waals surface area contributed by atoms with Gasteiger partial charge in [-0.25, -0.2) is 0 Å². The Morgan fingerprint density at radius 1 is 1.33 bits per heavy atom. The molecule has 0 aliphatic carbocycles. The molecular weight excluding hydrogens is 154 g/mol. The molecule has 1 N–H and O–H groups in total. The summed E-state index contributed by atoms with van der Waals surface area (Å²) in [6.45, 7) is 3.26. The third kappa shape index (κ3) is 1.52. The highest BCUT2D eigenvalue weighted by molar-refractivity contribution is 5.78. The van der Waals surface area contributed by atoms with Gasteiger partial charge in [0, 0.05) is 18.0 Å². The molecule has 0 aromatic carbocycles. The topological polar surface area (TPSA) is 38.3 Å². The van der Waals surface area contributed by atoms with Crippen molar-refractivity contribution in [3.8, 4) is 0 Å². The fraction of sp³-hybridized carbons (Fsp3) is 0.889. The van der Waals surface area contributed by atoms with Gasteiger partial charge in [-0.15, -0.1) is 0 Å². The molecule has 3 nitrogen and oxygen atoms in total. The van der Waals surface area contributed by atoms with E-state index >= 15 is 0 Å². The Morgan fingerprint density at radius 2 is 1.92 bits per heavy atom. The van der Waals surface area contributed by atoms with Crippen LogP contribution >= 0.6 is 0 Å². The van der Waals surface area contributed by atoms with Crippen molar-refractivity contribution in [1.82, 2.24) is 5.32 Å². The number of hydrogen-bond donors (Lipinski definition) is 1. The first-order valence-corrected chi connectivity index (χ1v) is 4.60. The zero-order chi connectivity index (χ0) is 8.55. The Morgan fingerprint density at radius 3 is 2.42 bits per heavy atom. The zero-order valence-corrected chi connectivity index (χ0v) is 7.38. The van der Waals surface area contributed by atoms with Gasteiger partial charge in [0.05, 0.1) is 13.2 Å². The fourth-order valence-corrected chi connectivity index (χ4v) is 2.17. The van der Waals surface area contributed by atoms with Gasteiger partial charge in [-0.1, -0.05) is 0 Å². The molecule has 0 aromatic heterocycles. The van der Waals surface area contributed by atoms with Crippen molar-refractivity contribution in [2.75, 3.05) is 13.2 Å². The molecule has 0 radical (unpaired) electrons. The van der Waals surface area contributed by atoms with Gasteiger partial charge >= 0.3 is 0 Å². The molecule has 2 heterocycles. The minimum Gasteiger partial charge on any atom is -0.378 e. The van der Waals surface area contributed by atoms with Crippen molar-refractivity contribution >= 4 is 5.78 Å². The maximum Gasteiger partial charge on any atom is 0.133 e. The third-order valence-electron chi connectivity index (χ3n) is 2.82. The molecule has 0 aromatic rings. The highest BCUT2D eigenvalue weighted by Gasteiger charge is 2.33. The number of fused-ring (bicyclic) bond motifs is 2. The maximum absolute atomic E-state index is 11.2. The van der Waals surface area contributed by atoms with Crippen LogP contribution in [0.4, 0.5) is 0 Å². The van der Waals surface area contributed by atoms with Gasteiger partial charge in [0.1, 0.15) is 5.78 Å². The van der Waals surface area contributed by atoms with Crippen LogP contribution in [0.25, 0.3) is 0 Å². The summed E-state index contributed by atoms with van der Waals surface area (Å²) in [7, 11) is 0. The lowest BCUT2D eigenvalue weighted by atomic mass is 9.85. The Kier molecular flexibility index (Phi) is 2.15. The van der Waals surface area contributed by atoms with Crippen LogP contribution in [0.5, 0.6) is 0 Å². The van der Waals surface area contributed by atoms with E-state index in [2.05, 4.69) is 5.32 Å². The number of nitrogens with one attached hydrogen (secondary N) is 1. The van der Waals surface area contributed by atoms with E-state index in [0.717, 1.165) is 26.1 Å². The van der Waals surface area contributed by atoms with E-state index in [-0.39, 0.29) is 5.92 Å². The van der Waals surface area contributed by atoms with E-state index in [1.807, 2.05) is 0 Å². The van der Waals surface area contributed by atoms with E-state index in [1.54, 1.807) is 6.92 Å². The summed E-state index contributed by atoms with van der Waals surface area (Å²) in [5.41, 5.74) is 0. The van der Waals surface area contributed by atoms with E-state index in [9.17, 15) is 4.79 Å². The summed E-state index contributed by atoms with van der Waals surface area (Å²) >= 11 is 0. The van der Waals surface area contributed by atoms with Crippen LogP contribution in [0.2, 0.25) is 0 Å². The molecule has 2 rings (SSSR count). The van der Waals surface area contributed by atoms with Crippen molar-refractivity contribution in [3.63, 3.8) is 0 Å². The van der Waals surface area contributed by atoms with Crippen molar-refractivity contribution in [1.29, 1.82) is 0 Å². The Bertz CT molecular complexity index is 181. The average Bonchev–Trinajstić information content (AvgIpc) is 2.03. The first-order valence-electron chi connectivity index (χ1n) is 4.60. The van der Waals surface area contributed by atoms with Gasteiger partial charge in [0.25, 0.3) is 0 Å². The summed E-state index contributed by atoms with van der Waals surface area (Å²) in [5, 5.41) is 3.46. The number of ether oxygens (including phenoxy) is 1. The summed E-state index contributed by atoms with van der Waals surface area (Å²) < 4.78 is 5.39. The van der Waals surface area contributed by atoms with Gasteiger partial charge < -0.3 is 10.1 Å². The second kappa shape index (κ2) is 3.15. The van der Waals surface area contributed by atoms with Gasteiger partial charge in [-0.2, -0.15) is 0 Å². The number of carbonyl (C=O) groups is 1. The first-order chi connectivity index (χ1) is 5.75. The summed E-state index contributed by atoms with van der Waals surface area (Å²) in [5.74, 6) is 0.624. The average molecular weight is 169 g/mol. The largest absolute Gasteiger partial charge is 0.378 e. The van der Waals surface area contributed by atoms with Gasteiger partial charge in [0.2, 0.25) is 0 Å². The molecule has 3 heteroatoms. The lowest BCUT2D eigenvalue weighted by Crippen LogP contribution is -2.54. The predicted octanol–water partition coefficient (Wildman–Crippen LogP) is 0.342. The SMILES string of the molecule is CC(=O)C1CC2COCC(C1)N2. The van der Waals surface area contributed by atoms with Crippen molar-refractivity contribution in [2.45, 2.75) is 31.8 Å². The zero-order valence-electron chi connectivity index (χ0n) is 7.38. The van der Waals surface area contributed by atoms with Crippen LogP contribution in [-0.4, -0.2) is 31.1 Å². The van der Waals surface area contributed by atoms with Crippen LogP contribution in [0.15, 0.2) is 0 Å². The molecule has 2 saturated heterocycles. The molecule has 0 saturated carbocycles. The molecule has 12 heavy (non-hydrogen) atoms. The van der Waals surface area contributed by atoms with Crippen LogP contribution in [0.3, 0.4) is 0 Å². The van der Waals surface area contributed by atoms with Gasteiger partial charge in [0.15, 0.2) is 0 Å². The van der Waals surface area contributed by atoms with Crippen molar-refractivity contribution in [3.05, 3.63) is 0 Å². The molecule has 2 aliphatic heterocycles. The van der Waals surface area contributed by atoms with Crippen molar-refractivity contribution in [2.24, 2.45) is 5.92 Å². The molecule has 0 amide bonds.